The molecule has 1 aliphatic heterocycles. The fourth-order valence-electron chi connectivity index (χ4n) is 3.15. The molecular weight excluding hydrogens is 226 g/mol. The Morgan fingerprint density at radius 1 is 0.944 bits per heavy atom. The third-order valence-corrected chi connectivity index (χ3v) is 4.12. The molecule has 18 heavy (non-hydrogen) atoms. The Hall–Kier alpha value is -1.64. The second kappa shape index (κ2) is 4.56. The number of amides is 2. The average Bonchev–Trinajstić information content (AvgIpc) is 2.66. The van der Waals surface area contributed by atoms with Crippen molar-refractivity contribution in [2.24, 2.45) is 11.8 Å². The molecular formula is C15H17NO2. The largest absolute Gasteiger partial charge is 0.278 e. The first kappa shape index (κ1) is 11.5. The average molecular weight is 243 g/mol. The molecule has 2 fully saturated rings. The molecule has 1 saturated carbocycles. The van der Waals surface area contributed by atoms with E-state index in [-0.39, 0.29) is 23.7 Å². The third kappa shape index (κ3) is 1.84. The zero-order chi connectivity index (χ0) is 12.5. The van der Waals surface area contributed by atoms with Gasteiger partial charge >= 0.3 is 0 Å². The molecule has 0 N–H and O–H groups in total. The van der Waals surface area contributed by atoms with Crippen LogP contribution in [0.25, 0.3) is 0 Å². The van der Waals surface area contributed by atoms with Gasteiger partial charge in [0.05, 0.1) is 18.4 Å². The summed E-state index contributed by atoms with van der Waals surface area (Å²) < 4.78 is 0. The molecule has 0 radical (unpaired) electrons. The number of imide groups is 1. The summed E-state index contributed by atoms with van der Waals surface area (Å²) in [6.45, 7) is 0.436. The molecule has 0 unspecified atom stereocenters. The van der Waals surface area contributed by atoms with Crippen molar-refractivity contribution in [3.63, 3.8) is 0 Å². The van der Waals surface area contributed by atoms with Crippen LogP contribution < -0.4 is 0 Å². The standard InChI is InChI=1S/C15H17NO2/c17-14-12-8-4-5-9-13(12)15(18)16(14)10-11-6-2-1-3-7-11/h1-3,6-7,12-13H,4-5,8-10H2/t12-,13-/m1/s1. The lowest BCUT2D eigenvalue weighted by Gasteiger charge is -2.19. The molecule has 1 aromatic carbocycles. The van der Waals surface area contributed by atoms with Gasteiger partial charge in [-0.1, -0.05) is 43.2 Å². The van der Waals surface area contributed by atoms with E-state index >= 15 is 0 Å². The number of hydrogen-bond donors (Lipinski definition) is 0. The Labute approximate surface area is 107 Å². The summed E-state index contributed by atoms with van der Waals surface area (Å²) in [5.74, 6) is 0.0343. The van der Waals surface area contributed by atoms with Gasteiger partial charge < -0.3 is 0 Å². The van der Waals surface area contributed by atoms with Gasteiger partial charge in [-0.15, -0.1) is 0 Å². The zero-order valence-electron chi connectivity index (χ0n) is 10.3. The van der Waals surface area contributed by atoms with Crippen LogP contribution in [0.2, 0.25) is 0 Å². The highest BCUT2D eigenvalue weighted by Crippen LogP contribution is 2.38. The van der Waals surface area contributed by atoms with Gasteiger partial charge in [-0.05, 0) is 18.4 Å². The third-order valence-electron chi connectivity index (χ3n) is 4.12. The zero-order valence-corrected chi connectivity index (χ0v) is 10.3. The van der Waals surface area contributed by atoms with Crippen LogP contribution in [0.5, 0.6) is 0 Å². The van der Waals surface area contributed by atoms with E-state index in [4.69, 9.17) is 0 Å². The highest BCUT2D eigenvalue weighted by Gasteiger charge is 2.47. The van der Waals surface area contributed by atoms with E-state index < -0.39 is 0 Å². The molecule has 3 nitrogen and oxygen atoms in total. The molecule has 94 valence electrons. The van der Waals surface area contributed by atoms with Crippen molar-refractivity contribution in [3.8, 4) is 0 Å². The van der Waals surface area contributed by atoms with Crippen molar-refractivity contribution in [1.82, 2.24) is 4.90 Å². The summed E-state index contributed by atoms with van der Waals surface area (Å²) in [6, 6.07) is 9.74. The quantitative estimate of drug-likeness (QED) is 0.748. The Morgan fingerprint density at radius 2 is 1.50 bits per heavy atom. The van der Waals surface area contributed by atoms with Gasteiger partial charge in [0, 0.05) is 0 Å². The maximum absolute atomic E-state index is 12.3. The monoisotopic (exact) mass is 243 g/mol. The molecule has 3 heteroatoms. The van der Waals surface area contributed by atoms with Gasteiger partial charge in [-0.25, -0.2) is 0 Å². The molecule has 1 aliphatic carbocycles. The second-order valence-corrected chi connectivity index (χ2v) is 5.25. The van der Waals surface area contributed by atoms with Crippen LogP contribution in [0.3, 0.4) is 0 Å². The van der Waals surface area contributed by atoms with Crippen molar-refractivity contribution in [2.75, 3.05) is 0 Å². The first-order valence-corrected chi connectivity index (χ1v) is 6.66. The molecule has 3 rings (SSSR count). The SMILES string of the molecule is O=C1[C@@H]2CCCC[C@H]2C(=O)N1Cc1ccccc1. The summed E-state index contributed by atoms with van der Waals surface area (Å²) in [7, 11) is 0. The number of carbonyl (C=O) groups is 2. The number of fused-ring (bicyclic) bond motifs is 1. The summed E-state index contributed by atoms with van der Waals surface area (Å²) in [4.78, 5) is 26.0. The topological polar surface area (TPSA) is 37.4 Å². The van der Waals surface area contributed by atoms with E-state index in [1.54, 1.807) is 0 Å². The van der Waals surface area contributed by atoms with Gasteiger partial charge in [0.15, 0.2) is 0 Å². The van der Waals surface area contributed by atoms with Gasteiger partial charge in [-0.2, -0.15) is 0 Å². The van der Waals surface area contributed by atoms with Crippen LogP contribution in [0.15, 0.2) is 30.3 Å². The Balaban J connectivity index is 1.80. The number of benzene rings is 1. The fraction of sp³-hybridized carbons (Fsp3) is 0.467. The Morgan fingerprint density at radius 3 is 2.06 bits per heavy atom. The number of hydrogen-bond acceptors (Lipinski definition) is 2. The lowest BCUT2D eigenvalue weighted by Crippen LogP contribution is -2.30. The lowest BCUT2D eigenvalue weighted by molar-refractivity contribution is -0.140. The molecule has 0 aromatic heterocycles. The van der Waals surface area contributed by atoms with Gasteiger partial charge in [0.2, 0.25) is 11.8 Å². The maximum atomic E-state index is 12.3. The van der Waals surface area contributed by atoms with Crippen LogP contribution >= 0.6 is 0 Å². The van der Waals surface area contributed by atoms with E-state index in [1.165, 1.54) is 4.90 Å². The van der Waals surface area contributed by atoms with Crippen molar-refractivity contribution in [2.45, 2.75) is 32.2 Å². The van der Waals surface area contributed by atoms with E-state index in [0.29, 0.717) is 6.54 Å². The van der Waals surface area contributed by atoms with Gasteiger partial charge in [0.25, 0.3) is 0 Å². The summed E-state index contributed by atoms with van der Waals surface area (Å²) >= 11 is 0. The van der Waals surface area contributed by atoms with Crippen LogP contribution in [0.1, 0.15) is 31.2 Å². The fourth-order valence-corrected chi connectivity index (χ4v) is 3.15. The molecule has 1 saturated heterocycles. The van der Waals surface area contributed by atoms with Crippen LogP contribution in [0.4, 0.5) is 0 Å². The van der Waals surface area contributed by atoms with E-state index in [9.17, 15) is 9.59 Å². The number of likely N-dealkylation sites (tertiary alicyclic amines) is 1. The summed E-state index contributed by atoms with van der Waals surface area (Å²) in [5.41, 5.74) is 1.03. The van der Waals surface area contributed by atoms with E-state index in [0.717, 1.165) is 31.2 Å². The van der Waals surface area contributed by atoms with Crippen LogP contribution in [-0.4, -0.2) is 16.7 Å². The first-order chi connectivity index (χ1) is 8.77. The minimum atomic E-state index is -0.0324. The molecule has 2 aliphatic rings. The van der Waals surface area contributed by atoms with E-state index in [1.807, 2.05) is 30.3 Å². The molecule has 1 heterocycles. The highest BCUT2D eigenvalue weighted by atomic mass is 16.2. The minimum absolute atomic E-state index is 0.0324. The predicted octanol–water partition coefficient (Wildman–Crippen LogP) is 2.36. The summed E-state index contributed by atoms with van der Waals surface area (Å²) in [5, 5.41) is 0. The number of carbonyl (C=O) groups excluding carboxylic acids is 2. The first-order valence-electron chi connectivity index (χ1n) is 6.66. The van der Waals surface area contributed by atoms with Gasteiger partial charge in [0.1, 0.15) is 0 Å². The number of rotatable bonds is 2. The molecule has 1 aromatic rings. The minimum Gasteiger partial charge on any atom is -0.278 e. The van der Waals surface area contributed by atoms with Crippen molar-refractivity contribution < 1.29 is 9.59 Å². The summed E-state index contributed by atoms with van der Waals surface area (Å²) in [6.07, 6.45) is 3.94. The second-order valence-electron chi connectivity index (χ2n) is 5.25. The normalized spacial score (nSPS) is 27.4. The molecule has 0 bridgehead atoms. The molecule has 2 atom stereocenters. The van der Waals surface area contributed by atoms with Crippen molar-refractivity contribution in [3.05, 3.63) is 35.9 Å². The number of nitrogens with zero attached hydrogens (tertiary/aromatic N) is 1. The Kier molecular flexibility index (Phi) is 2.90. The maximum Gasteiger partial charge on any atom is 0.233 e. The van der Waals surface area contributed by atoms with Crippen LogP contribution in [0, 0.1) is 11.8 Å². The van der Waals surface area contributed by atoms with Crippen molar-refractivity contribution in [1.29, 1.82) is 0 Å². The Bertz CT molecular complexity index is 445. The van der Waals surface area contributed by atoms with E-state index in [2.05, 4.69) is 0 Å². The highest BCUT2D eigenvalue weighted by molar-refractivity contribution is 6.05. The predicted molar refractivity (Wildman–Crippen MR) is 67.4 cm³/mol. The van der Waals surface area contributed by atoms with Crippen molar-refractivity contribution >= 4 is 11.8 Å². The molecule has 2 amide bonds. The lowest BCUT2D eigenvalue weighted by atomic mass is 9.81. The van der Waals surface area contributed by atoms with Crippen LogP contribution in [-0.2, 0) is 16.1 Å². The smallest absolute Gasteiger partial charge is 0.233 e. The molecule has 0 spiro atoms. The van der Waals surface area contributed by atoms with Gasteiger partial charge in [-0.3, -0.25) is 14.5 Å².